The number of fused-ring (bicyclic) bond motifs is 1. The van der Waals surface area contributed by atoms with Crippen molar-refractivity contribution in [1.29, 1.82) is 0 Å². The molecule has 0 saturated carbocycles. The molecule has 0 amide bonds. The zero-order valence-corrected chi connectivity index (χ0v) is 14.7. The molecule has 0 bridgehead atoms. The van der Waals surface area contributed by atoms with Gasteiger partial charge in [0, 0.05) is 0 Å². The molecular weight excluding hydrogens is 304 g/mol. The van der Waals surface area contributed by atoms with E-state index < -0.39 is 0 Å². The van der Waals surface area contributed by atoms with Crippen LogP contribution in [0.15, 0.2) is 36.4 Å². The van der Waals surface area contributed by atoms with E-state index in [0.29, 0.717) is 24.3 Å². The monoisotopic (exact) mass is 328 g/mol. The van der Waals surface area contributed by atoms with Gasteiger partial charge in [-0.3, -0.25) is 0 Å². The minimum absolute atomic E-state index is 0.289. The largest absolute Gasteiger partial charge is 0.462 e. The third-order valence-corrected chi connectivity index (χ3v) is 3.41. The first-order valence-corrected chi connectivity index (χ1v) is 8.25. The van der Waals surface area contributed by atoms with E-state index in [0.717, 1.165) is 10.8 Å². The van der Waals surface area contributed by atoms with Gasteiger partial charge >= 0.3 is 11.9 Å². The normalized spacial score (nSPS) is 11.1. The molecule has 4 nitrogen and oxygen atoms in total. The molecule has 0 aliphatic heterocycles. The van der Waals surface area contributed by atoms with E-state index in [9.17, 15) is 9.59 Å². The lowest BCUT2D eigenvalue weighted by molar-refractivity contribution is 0.0451. The van der Waals surface area contributed by atoms with Crippen molar-refractivity contribution in [2.75, 3.05) is 13.2 Å². The van der Waals surface area contributed by atoms with Crippen LogP contribution in [0.4, 0.5) is 0 Å². The van der Waals surface area contributed by atoms with Crippen LogP contribution < -0.4 is 0 Å². The van der Waals surface area contributed by atoms with Crippen molar-refractivity contribution in [3.63, 3.8) is 0 Å². The minimum Gasteiger partial charge on any atom is -0.462 e. The summed E-state index contributed by atoms with van der Waals surface area (Å²) in [4.78, 5) is 24.2. The van der Waals surface area contributed by atoms with Crippen LogP contribution in [0, 0.1) is 11.8 Å². The fourth-order valence-corrected chi connectivity index (χ4v) is 2.15. The first kappa shape index (κ1) is 18.0. The van der Waals surface area contributed by atoms with Crippen LogP contribution in [0.25, 0.3) is 10.8 Å². The molecule has 24 heavy (non-hydrogen) atoms. The van der Waals surface area contributed by atoms with Crippen molar-refractivity contribution < 1.29 is 19.1 Å². The first-order valence-electron chi connectivity index (χ1n) is 8.25. The summed E-state index contributed by atoms with van der Waals surface area (Å²) in [6, 6.07) is 10.7. The Kier molecular flexibility index (Phi) is 5.96. The molecular formula is C20H24O4. The molecule has 0 fully saturated rings. The second-order valence-corrected chi connectivity index (χ2v) is 6.76. The minimum atomic E-state index is -0.349. The van der Waals surface area contributed by atoms with Gasteiger partial charge in [0.15, 0.2) is 0 Å². The van der Waals surface area contributed by atoms with E-state index in [2.05, 4.69) is 0 Å². The topological polar surface area (TPSA) is 52.6 Å². The predicted octanol–water partition coefficient (Wildman–Crippen LogP) is 4.47. The molecule has 0 aromatic heterocycles. The molecule has 0 spiro atoms. The number of ether oxygens (including phenoxy) is 2. The molecule has 128 valence electrons. The van der Waals surface area contributed by atoms with Crippen molar-refractivity contribution in [1.82, 2.24) is 0 Å². The van der Waals surface area contributed by atoms with E-state index in [-0.39, 0.29) is 23.8 Å². The second kappa shape index (κ2) is 7.95. The number of carbonyl (C=O) groups excluding carboxylic acids is 2. The van der Waals surface area contributed by atoms with E-state index in [1.807, 2.05) is 39.8 Å². The van der Waals surface area contributed by atoms with Gasteiger partial charge in [0.1, 0.15) is 0 Å². The van der Waals surface area contributed by atoms with Crippen LogP contribution in [0.5, 0.6) is 0 Å². The maximum atomic E-state index is 12.1. The van der Waals surface area contributed by atoms with Gasteiger partial charge in [0.05, 0.1) is 24.3 Å². The second-order valence-electron chi connectivity index (χ2n) is 6.76. The highest BCUT2D eigenvalue weighted by atomic mass is 16.5. The Bertz CT molecular complexity index is 673. The third kappa shape index (κ3) is 4.82. The van der Waals surface area contributed by atoms with Crippen molar-refractivity contribution in [2.24, 2.45) is 11.8 Å². The van der Waals surface area contributed by atoms with Crippen LogP contribution >= 0.6 is 0 Å². The highest BCUT2D eigenvalue weighted by molar-refractivity contribution is 5.99. The fraction of sp³-hybridized carbons (Fsp3) is 0.400. The summed E-state index contributed by atoms with van der Waals surface area (Å²) in [5.74, 6) is -0.120. The summed E-state index contributed by atoms with van der Waals surface area (Å²) < 4.78 is 10.5. The lowest BCUT2D eigenvalue weighted by Crippen LogP contribution is -2.11. The van der Waals surface area contributed by atoms with Crippen LogP contribution in [-0.4, -0.2) is 25.2 Å². The number of benzene rings is 2. The lowest BCUT2D eigenvalue weighted by atomic mass is 10.0. The zero-order chi connectivity index (χ0) is 17.7. The summed E-state index contributed by atoms with van der Waals surface area (Å²) in [7, 11) is 0. The lowest BCUT2D eigenvalue weighted by Gasteiger charge is -2.09. The molecule has 4 heteroatoms. The van der Waals surface area contributed by atoms with Gasteiger partial charge in [0.25, 0.3) is 0 Å². The molecule has 2 rings (SSSR count). The van der Waals surface area contributed by atoms with Gasteiger partial charge in [-0.25, -0.2) is 9.59 Å². The van der Waals surface area contributed by atoms with Gasteiger partial charge in [-0.1, -0.05) is 39.8 Å². The quantitative estimate of drug-likeness (QED) is 0.734. The fourth-order valence-electron chi connectivity index (χ4n) is 2.15. The molecule has 0 atom stereocenters. The molecule has 0 radical (unpaired) electrons. The standard InChI is InChI=1S/C20H24O4/c1-13(2)11-23-19(21)16-7-5-15-6-8-17(10-18(15)9-16)20(22)24-12-14(3)4/h5-10,13-14H,11-12H2,1-4H3. The van der Waals surface area contributed by atoms with Crippen LogP contribution in [0.3, 0.4) is 0 Å². The highest BCUT2D eigenvalue weighted by Gasteiger charge is 2.12. The van der Waals surface area contributed by atoms with E-state index in [4.69, 9.17) is 9.47 Å². The summed E-state index contributed by atoms with van der Waals surface area (Å²) in [5, 5.41) is 1.77. The summed E-state index contributed by atoms with van der Waals surface area (Å²) in [6.07, 6.45) is 0. The third-order valence-electron chi connectivity index (χ3n) is 3.41. The van der Waals surface area contributed by atoms with Gasteiger partial charge in [-0.15, -0.1) is 0 Å². The van der Waals surface area contributed by atoms with Crippen molar-refractivity contribution >= 4 is 22.7 Å². The molecule has 0 unspecified atom stereocenters. The van der Waals surface area contributed by atoms with E-state index in [1.54, 1.807) is 24.3 Å². The summed E-state index contributed by atoms with van der Waals surface area (Å²) in [5.41, 5.74) is 0.965. The van der Waals surface area contributed by atoms with Crippen molar-refractivity contribution in [3.8, 4) is 0 Å². The Balaban J connectivity index is 2.20. The number of esters is 2. The van der Waals surface area contributed by atoms with Crippen molar-refractivity contribution in [2.45, 2.75) is 27.7 Å². The molecule has 0 aliphatic carbocycles. The van der Waals surface area contributed by atoms with Crippen LogP contribution in [0.2, 0.25) is 0 Å². The number of hydrogen-bond donors (Lipinski definition) is 0. The summed E-state index contributed by atoms with van der Waals surface area (Å²) >= 11 is 0. The molecule has 0 aliphatic rings. The molecule has 2 aromatic rings. The first-order chi connectivity index (χ1) is 11.4. The molecule has 0 heterocycles. The maximum absolute atomic E-state index is 12.1. The Morgan fingerprint density at radius 3 is 1.54 bits per heavy atom. The average molecular weight is 328 g/mol. The number of hydrogen-bond acceptors (Lipinski definition) is 4. The van der Waals surface area contributed by atoms with Crippen molar-refractivity contribution in [3.05, 3.63) is 47.5 Å². The van der Waals surface area contributed by atoms with Crippen LogP contribution in [-0.2, 0) is 9.47 Å². The Hall–Kier alpha value is -2.36. The summed E-state index contributed by atoms with van der Waals surface area (Å²) in [6.45, 7) is 8.73. The molecule has 0 saturated heterocycles. The van der Waals surface area contributed by atoms with Gasteiger partial charge in [-0.2, -0.15) is 0 Å². The maximum Gasteiger partial charge on any atom is 0.338 e. The Labute approximate surface area is 142 Å². The number of carbonyl (C=O) groups is 2. The SMILES string of the molecule is CC(C)COC(=O)c1ccc2ccc(C(=O)OCC(C)C)cc2c1. The van der Waals surface area contributed by atoms with Crippen LogP contribution in [0.1, 0.15) is 48.4 Å². The number of rotatable bonds is 6. The van der Waals surface area contributed by atoms with E-state index >= 15 is 0 Å². The van der Waals surface area contributed by atoms with Gasteiger partial charge in [-0.05, 0) is 46.9 Å². The van der Waals surface area contributed by atoms with E-state index in [1.165, 1.54) is 0 Å². The predicted molar refractivity (Wildman–Crippen MR) is 94.2 cm³/mol. The smallest absolute Gasteiger partial charge is 0.338 e. The molecule has 2 aromatic carbocycles. The molecule has 0 N–H and O–H groups in total. The zero-order valence-electron chi connectivity index (χ0n) is 14.7. The average Bonchev–Trinajstić information content (AvgIpc) is 2.56. The van der Waals surface area contributed by atoms with Gasteiger partial charge in [0.2, 0.25) is 0 Å². The highest BCUT2D eigenvalue weighted by Crippen LogP contribution is 2.19. The van der Waals surface area contributed by atoms with Gasteiger partial charge < -0.3 is 9.47 Å². The Morgan fingerprint density at radius 2 is 1.17 bits per heavy atom. The Morgan fingerprint density at radius 1 is 0.750 bits per heavy atom.